The van der Waals surface area contributed by atoms with Gasteiger partial charge in [-0.05, 0) is 18.2 Å². The maximum Gasteiger partial charge on any atom is 0.416 e. The van der Waals surface area contributed by atoms with E-state index >= 15 is 0 Å². The van der Waals surface area contributed by atoms with Crippen LogP contribution in [0.1, 0.15) is 5.56 Å². The molecule has 2 aromatic carbocycles. The molecule has 122 valence electrons. The zero-order chi connectivity index (χ0) is 17.4. The fourth-order valence-electron chi connectivity index (χ4n) is 1.64. The van der Waals surface area contributed by atoms with E-state index in [1.165, 1.54) is 0 Å². The van der Waals surface area contributed by atoms with E-state index in [2.05, 4.69) is 4.74 Å². The summed E-state index contributed by atoms with van der Waals surface area (Å²) in [4.78, 5) is 9.40. The van der Waals surface area contributed by atoms with Crippen LogP contribution in [0, 0.1) is 27.6 Å². The van der Waals surface area contributed by atoms with E-state index in [1.807, 2.05) is 0 Å². The molecule has 0 radical (unpaired) electrons. The lowest BCUT2D eigenvalue weighted by Gasteiger charge is -2.11. The molecule has 0 aliphatic carbocycles. The highest BCUT2D eigenvalue weighted by atomic mass is 19.4. The van der Waals surface area contributed by atoms with Crippen LogP contribution in [0.4, 0.5) is 32.0 Å². The zero-order valence-corrected chi connectivity index (χ0v) is 10.8. The van der Waals surface area contributed by atoms with Crippen molar-refractivity contribution >= 4 is 5.69 Å². The number of halogens is 6. The zero-order valence-electron chi connectivity index (χ0n) is 10.8. The summed E-state index contributed by atoms with van der Waals surface area (Å²) in [5.41, 5.74) is -2.46. The van der Waals surface area contributed by atoms with Crippen molar-refractivity contribution < 1.29 is 36.0 Å². The third-order valence-corrected chi connectivity index (χ3v) is 2.66. The van der Waals surface area contributed by atoms with Crippen LogP contribution in [-0.4, -0.2) is 4.92 Å². The number of hydrogen-bond acceptors (Lipinski definition) is 3. The second-order valence-corrected chi connectivity index (χ2v) is 4.24. The Kier molecular flexibility index (Phi) is 4.17. The second-order valence-electron chi connectivity index (χ2n) is 4.24. The molecule has 2 aromatic rings. The lowest BCUT2D eigenvalue weighted by Crippen LogP contribution is -2.07. The van der Waals surface area contributed by atoms with Crippen LogP contribution in [0.2, 0.25) is 0 Å². The number of benzene rings is 2. The van der Waals surface area contributed by atoms with Gasteiger partial charge in [0.05, 0.1) is 10.5 Å². The van der Waals surface area contributed by atoms with E-state index in [1.54, 1.807) is 0 Å². The van der Waals surface area contributed by atoms with Crippen molar-refractivity contribution in [2.24, 2.45) is 0 Å². The number of nitro benzene ring substituents is 1. The van der Waals surface area contributed by atoms with Gasteiger partial charge in [0.1, 0.15) is 5.75 Å². The summed E-state index contributed by atoms with van der Waals surface area (Å²) in [6, 6.07) is 2.04. The number of ether oxygens (including phenoxy) is 1. The summed E-state index contributed by atoms with van der Waals surface area (Å²) in [6.07, 6.45) is -4.96. The van der Waals surface area contributed by atoms with E-state index < -0.39 is 51.3 Å². The summed E-state index contributed by atoms with van der Waals surface area (Å²) < 4.78 is 82.3. The predicted octanol–water partition coefficient (Wildman–Crippen LogP) is 4.82. The normalized spacial score (nSPS) is 11.4. The highest BCUT2D eigenvalue weighted by Crippen LogP contribution is 2.36. The van der Waals surface area contributed by atoms with Crippen molar-refractivity contribution in [2.75, 3.05) is 0 Å². The summed E-state index contributed by atoms with van der Waals surface area (Å²) in [5, 5.41) is 10.4. The predicted molar refractivity (Wildman–Crippen MR) is 64.5 cm³/mol. The van der Waals surface area contributed by atoms with Gasteiger partial charge in [0.15, 0.2) is 17.4 Å². The molecule has 0 fully saturated rings. The van der Waals surface area contributed by atoms with Crippen LogP contribution in [0.5, 0.6) is 11.5 Å². The van der Waals surface area contributed by atoms with Crippen molar-refractivity contribution in [1.29, 1.82) is 0 Å². The van der Waals surface area contributed by atoms with Crippen molar-refractivity contribution in [3.63, 3.8) is 0 Å². The molecule has 0 saturated carbocycles. The molecule has 2 rings (SSSR count). The molecule has 23 heavy (non-hydrogen) atoms. The van der Waals surface area contributed by atoms with Crippen molar-refractivity contribution in [1.82, 2.24) is 0 Å². The van der Waals surface area contributed by atoms with Gasteiger partial charge in [-0.1, -0.05) is 0 Å². The quantitative estimate of drug-likeness (QED) is 0.458. The Morgan fingerprint density at radius 1 is 0.957 bits per heavy atom. The third-order valence-electron chi connectivity index (χ3n) is 2.66. The number of rotatable bonds is 3. The van der Waals surface area contributed by atoms with E-state index in [0.29, 0.717) is 12.1 Å². The molecule has 0 aliphatic rings. The van der Waals surface area contributed by atoms with Crippen LogP contribution in [0.3, 0.4) is 0 Å². The van der Waals surface area contributed by atoms with E-state index in [-0.39, 0.29) is 12.1 Å². The van der Waals surface area contributed by atoms with E-state index in [4.69, 9.17) is 0 Å². The molecule has 0 atom stereocenters. The van der Waals surface area contributed by atoms with Gasteiger partial charge >= 0.3 is 11.9 Å². The van der Waals surface area contributed by atoms with E-state index in [0.717, 1.165) is 6.07 Å². The van der Waals surface area contributed by atoms with Crippen LogP contribution in [0.25, 0.3) is 0 Å². The lowest BCUT2D eigenvalue weighted by atomic mass is 10.2. The molecular weight excluding hydrogens is 332 g/mol. The molecule has 0 amide bonds. The number of nitro groups is 1. The van der Waals surface area contributed by atoms with Crippen LogP contribution in [-0.2, 0) is 6.18 Å². The van der Waals surface area contributed by atoms with Gasteiger partial charge in [-0.2, -0.15) is 17.6 Å². The highest BCUT2D eigenvalue weighted by molar-refractivity contribution is 5.41. The molecule has 4 nitrogen and oxygen atoms in total. The second kappa shape index (κ2) is 5.78. The SMILES string of the molecule is O=[N+]([O-])c1ccc(Oc2c(F)cc(C(F)(F)F)cc2F)cc1F. The van der Waals surface area contributed by atoms with Crippen LogP contribution < -0.4 is 4.74 Å². The summed E-state index contributed by atoms with van der Waals surface area (Å²) >= 11 is 0. The first kappa shape index (κ1) is 16.6. The van der Waals surface area contributed by atoms with Gasteiger partial charge < -0.3 is 4.74 Å². The molecule has 0 N–H and O–H groups in total. The Morgan fingerprint density at radius 3 is 1.96 bits per heavy atom. The Labute approximate surface area is 124 Å². The first-order valence-electron chi connectivity index (χ1n) is 5.77. The lowest BCUT2D eigenvalue weighted by molar-refractivity contribution is -0.387. The minimum atomic E-state index is -4.96. The van der Waals surface area contributed by atoms with Gasteiger partial charge in [0.25, 0.3) is 0 Å². The van der Waals surface area contributed by atoms with Crippen LogP contribution in [0.15, 0.2) is 30.3 Å². The number of hydrogen-bond donors (Lipinski definition) is 0. The monoisotopic (exact) mass is 337 g/mol. The van der Waals surface area contributed by atoms with Crippen molar-refractivity contribution in [3.05, 3.63) is 63.5 Å². The minimum Gasteiger partial charge on any atom is -0.451 e. The topological polar surface area (TPSA) is 52.4 Å². The molecular formula is C13H5F6NO3. The highest BCUT2D eigenvalue weighted by Gasteiger charge is 2.33. The first-order chi connectivity index (χ1) is 10.6. The number of alkyl halides is 3. The summed E-state index contributed by atoms with van der Waals surface area (Å²) in [5.74, 6) is -6.36. The Balaban J connectivity index is 2.38. The smallest absolute Gasteiger partial charge is 0.416 e. The maximum absolute atomic E-state index is 13.6. The minimum absolute atomic E-state index is 0.0140. The number of nitrogens with zero attached hydrogens (tertiary/aromatic N) is 1. The average molecular weight is 337 g/mol. The summed E-state index contributed by atoms with van der Waals surface area (Å²) in [7, 11) is 0. The molecule has 0 aromatic heterocycles. The standard InChI is InChI=1S/C13H5F6NO3/c14-8-5-7(1-2-11(8)20(21)22)23-12-9(15)3-6(4-10(12)16)13(17,18)19/h1-5H. The molecule has 0 unspecified atom stereocenters. The van der Waals surface area contributed by atoms with E-state index in [9.17, 15) is 36.5 Å². The molecule has 10 heteroatoms. The third kappa shape index (κ3) is 3.52. The molecule has 0 spiro atoms. The van der Waals surface area contributed by atoms with Gasteiger partial charge in [0.2, 0.25) is 5.82 Å². The van der Waals surface area contributed by atoms with Crippen molar-refractivity contribution in [3.8, 4) is 11.5 Å². The summed E-state index contributed by atoms with van der Waals surface area (Å²) in [6.45, 7) is 0. The fourth-order valence-corrected chi connectivity index (χ4v) is 1.64. The van der Waals surface area contributed by atoms with Gasteiger partial charge in [-0.15, -0.1) is 0 Å². The maximum atomic E-state index is 13.6. The molecule has 0 heterocycles. The largest absolute Gasteiger partial charge is 0.451 e. The Hall–Kier alpha value is -2.78. The van der Waals surface area contributed by atoms with Crippen LogP contribution >= 0.6 is 0 Å². The van der Waals surface area contributed by atoms with Gasteiger partial charge in [-0.25, -0.2) is 8.78 Å². The average Bonchev–Trinajstić information content (AvgIpc) is 2.41. The van der Waals surface area contributed by atoms with Gasteiger partial charge in [-0.3, -0.25) is 10.1 Å². The molecule has 0 saturated heterocycles. The molecule has 0 aliphatic heterocycles. The molecule has 0 bridgehead atoms. The first-order valence-corrected chi connectivity index (χ1v) is 5.77. The van der Waals surface area contributed by atoms with Gasteiger partial charge in [0, 0.05) is 12.1 Å². The Bertz CT molecular complexity index is 752. The van der Waals surface area contributed by atoms with Crippen molar-refractivity contribution in [2.45, 2.75) is 6.18 Å². The Morgan fingerprint density at radius 2 is 1.52 bits per heavy atom. The fraction of sp³-hybridized carbons (Fsp3) is 0.0769.